The first-order chi connectivity index (χ1) is 8.26. The van der Waals surface area contributed by atoms with Crippen LogP contribution in [0.5, 0.6) is 5.75 Å². The number of carbonyl (C=O) groups excluding carboxylic acids is 1. The molecule has 0 fully saturated rings. The quantitative estimate of drug-likeness (QED) is 0.756. The minimum Gasteiger partial charge on any atom is -0.496 e. The molecular formula is C14H11FO2. The summed E-state index contributed by atoms with van der Waals surface area (Å²) in [5.74, 6) is 0.132. The molecule has 0 aliphatic heterocycles. The van der Waals surface area contributed by atoms with E-state index in [1.54, 1.807) is 36.4 Å². The standard InChI is InChI=1S/C14H11FO2/c1-17-13-4-2-3-12(15)14(13)11-7-5-10(9-16)6-8-11/h2-9H,1H3. The van der Waals surface area contributed by atoms with Gasteiger partial charge in [-0.2, -0.15) is 0 Å². The fourth-order valence-corrected chi connectivity index (χ4v) is 1.68. The van der Waals surface area contributed by atoms with Crippen molar-refractivity contribution in [2.24, 2.45) is 0 Å². The maximum absolute atomic E-state index is 13.8. The zero-order valence-corrected chi connectivity index (χ0v) is 9.31. The van der Waals surface area contributed by atoms with E-state index in [2.05, 4.69) is 0 Å². The van der Waals surface area contributed by atoms with Crippen molar-refractivity contribution in [3.05, 3.63) is 53.8 Å². The van der Waals surface area contributed by atoms with Crippen LogP contribution in [-0.4, -0.2) is 13.4 Å². The van der Waals surface area contributed by atoms with Crippen LogP contribution in [0.3, 0.4) is 0 Å². The van der Waals surface area contributed by atoms with E-state index in [1.165, 1.54) is 13.2 Å². The van der Waals surface area contributed by atoms with E-state index < -0.39 is 0 Å². The van der Waals surface area contributed by atoms with Gasteiger partial charge in [-0.3, -0.25) is 4.79 Å². The average molecular weight is 230 g/mol. The van der Waals surface area contributed by atoms with Gasteiger partial charge in [0.15, 0.2) is 0 Å². The van der Waals surface area contributed by atoms with Gasteiger partial charge in [0, 0.05) is 5.56 Å². The second kappa shape index (κ2) is 4.78. The van der Waals surface area contributed by atoms with Gasteiger partial charge in [-0.25, -0.2) is 4.39 Å². The number of hydrogen-bond acceptors (Lipinski definition) is 2. The summed E-state index contributed by atoms with van der Waals surface area (Å²) in [5.41, 5.74) is 1.65. The lowest BCUT2D eigenvalue weighted by molar-refractivity contribution is 0.112. The minimum absolute atomic E-state index is 0.344. The topological polar surface area (TPSA) is 26.3 Å². The van der Waals surface area contributed by atoms with Crippen molar-refractivity contribution >= 4 is 6.29 Å². The van der Waals surface area contributed by atoms with Gasteiger partial charge in [-0.05, 0) is 17.7 Å². The van der Waals surface area contributed by atoms with Crippen molar-refractivity contribution in [3.8, 4) is 16.9 Å². The minimum atomic E-state index is -0.344. The number of halogens is 1. The third-order valence-electron chi connectivity index (χ3n) is 2.53. The van der Waals surface area contributed by atoms with Gasteiger partial charge in [-0.15, -0.1) is 0 Å². The number of benzene rings is 2. The largest absolute Gasteiger partial charge is 0.496 e. The van der Waals surface area contributed by atoms with Crippen LogP contribution in [0.4, 0.5) is 4.39 Å². The summed E-state index contributed by atoms with van der Waals surface area (Å²) in [7, 11) is 1.50. The van der Waals surface area contributed by atoms with E-state index in [0.717, 1.165) is 6.29 Å². The zero-order chi connectivity index (χ0) is 12.3. The highest BCUT2D eigenvalue weighted by Crippen LogP contribution is 2.32. The number of rotatable bonds is 3. The Balaban J connectivity index is 2.55. The van der Waals surface area contributed by atoms with Crippen LogP contribution in [0, 0.1) is 5.82 Å². The normalized spacial score (nSPS) is 10.0. The molecule has 0 radical (unpaired) electrons. The lowest BCUT2D eigenvalue weighted by atomic mass is 10.0. The second-order valence-electron chi connectivity index (χ2n) is 3.56. The molecule has 0 N–H and O–H groups in total. The Morgan fingerprint density at radius 1 is 1.12 bits per heavy atom. The Labute approximate surface area is 98.7 Å². The predicted octanol–water partition coefficient (Wildman–Crippen LogP) is 3.31. The van der Waals surface area contributed by atoms with E-state index in [9.17, 15) is 9.18 Å². The molecule has 2 aromatic carbocycles. The molecule has 2 rings (SSSR count). The van der Waals surface area contributed by atoms with Crippen LogP contribution >= 0.6 is 0 Å². The molecule has 0 saturated carbocycles. The summed E-state index contributed by atoms with van der Waals surface area (Å²) >= 11 is 0. The van der Waals surface area contributed by atoms with Crippen molar-refractivity contribution < 1.29 is 13.9 Å². The van der Waals surface area contributed by atoms with Gasteiger partial charge in [-0.1, -0.05) is 30.3 Å². The maximum Gasteiger partial charge on any atom is 0.150 e. The molecule has 0 spiro atoms. The second-order valence-corrected chi connectivity index (χ2v) is 3.56. The third-order valence-corrected chi connectivity index (χ3v) is 2.53. The molecule has 0 saturated heterocycles. The average Bonchev–Trinajstić information content (AvgIpc) is 2.38. The lowest BCUT2D eigenvalue weighted by Crippen LogP contribution is -1.91. The number of methoxy groups -OCH3 is 1. The molecule has 0 atom stereocenters. The van der Waals surface area contributed by atoms with Gasteiger partial charge >= 0.3 is 0 Å². The molecule has 0 aliphatic rings. The Morgan fingerprint density at radius 2 is 1.82 bits per heavy atom. The van der Waals surface area contributed by atoms with Gasteiger partial charge in [0.05, 0.1) is 12.7 Å². The lowest BCUT2D eigenvalue weighted by Gasteiger charge is -2.09. The summed E-state index contributed by atoms with van der Waals surface area (Å²) in [6, 6.07) is 11.4. The van der Waals surface area contributed by atoms with Crippen molar-refractivity contribution in [2.75, 3.05) is 7.11 Å². The van der Waals surface area contributed by atoms with Crippen LogP contribution in [0.1, 0.15) is 10.4 Å². The monoisotopic (exact) mass is 230 g/mol. The van der Waals surface area contributed by atoms with Gasteiger partial charge in [0.1, 0.15) is 17.9 Å². The van der Waals surface area contributed by atoms with E-state index in [4.69, 9.17) is 4.74 Å². The van der Waals surface area contributed by atoms with Gasteiger partial charge in [0.2, 0.25) is 0 Å². The van der Waals surface area contributed by atoms with Gasteiger partial charge in [0.25, 0.3) is 0 Å². The number of aldehydes is 1. The Kier molecular flexibility index (Phi) is 3.19. The van der Waals surface area contributed by atoms with E-state index in [1.807, 2.05) is 0 Å². The summed E-state index contributed by atoms with van der Waals surface area (Å²) in [6.45, 7) is 0. The molecule has 0 heterocycles. The highest BCUT2D eigenvalue weighted by Gasteiger charge is 2.10. The first-order valence-electron chi connectivity index (χ1n) is 5.14. The SMILES string of the molecule is COc1cccc(F)c1-c1ccc(C=O)cc1. The molecule has 0 aromatic heterocycles. The third kappa shape index (κ3) is 2.18. The summed E-state index contributed by atoms with van der Waals surface area (Å²) in [6.07, 6.45) is 0.752. The molecule has 0 bridgehead atoms. The van der Waals surface area contributed by atoms with E-state index in [0.29, 0.717) is 22.4 Å². The van der Waals surface area contributed by atoms with Crippen LogP contribution in [0.2, 0.25) is 0 Å². The molecule has 2 aromatic rings. The first kappa shape index (κ1) is 11.3. The molecule has 2 nitrogen and oxygen atoms in total. The Hall–Kier alpha value is -2.16. The zero-order valence-electron chi connectivity index (χ0n) is 9.31. The van der Waals surface area contributed by atoms with Crippen molar-refractivity contribution in [2.45, 2.75) is 0 Å². The number of hydrogen-bond donors (Lipinski definition) is 0. The van der Waals surface area contributed by atoms with Gasteiger partial charge < -0.3 is 4.74 Å². The van der Waals surface area contributed by atoms with Crippen LogP contribution in [-0.2, 0) is 0 Å². The smallest absolute Gasteiger partial charge is 0.150 e. The Bertz CT molecular complexity index is 532. The first-order valence-corrected chi connectivity index (χ1v) is 5.14. The van der Waals surface area contributed by atoms with E-state index in [-0.39, 0.29) is 5.82 Å². The molecule has 3 heteroatoms. The van der Waals surface area contributed by atoms with Crippen molar-refractivity contribution in [1.82, 2.24) is 0 Å². The number of carbonyl (C=O) groups is 1. The van der Waals surface area contributed by atoms with Crippen LogP contribution in [0.15, 0.2) is 42.5 Å². The fraction of sp³-hybridized carbons (Fsp3) is 0.0714. The Morgan fingerprint density at radius 3 is 2.41 bits per heavy atom. The summed E-state index contributed by atoms with van der Waals surface area (Å²) < 4.78 is 18.9. The molecule has 86 valence electrons. The maximum atomic E-state index is 13.8. The van der Waals surface area contributed by atoms with Crippen LogP contribution < -0.4 is 4.74 Å². The van der Waals surface area contributed by atoms with Crippen molar-refractivity contribution in [1.29, 1.82) is 0 Å². The van der Waals surface area contributed by atoms with Crippen LogP contribution in [0.25, 0.3) is 11.1 Å². The molecule has 0 aliphatic carbocycles. The number of ether oxygens (including phenoxy) is 1. The highest BCUT2D eigenvalue weighted by molar-refractivity contribution is 5.78. The highest BCUT2D eigenvalue weighted by atomic mass is 19.1. The molecule has 17 heavy (non-hydrogen) atoms. The van der Waals surface area contributed by atoms with Crippen molar-refractivity contribution in [3.63, 3.8) is 0 Å². The molecule has 0 unspecified atom stereocenters. The van der Waals surface area contributed by atoms with E-state index >= 15 is 0 Å². The fourth-order valence-electron chi connectivity index (χ4n) is 1.68. The molecular weight excluding hydrogens is 219 g/mol. The summed E-state index contributed by atoms with van der Waals surface area (Å²) in [5, 5.41) is 0. The summed E-state index contributed by atoms with van der Waals surface area (Å²) in [4.78, 5) is 10.5. The predicted molar refractivity (Wildman–Crippen MR) is 63.8 cm³/mol. The molecule has 0 amide bonds.